The number of rotatable bonds is 9. The second kappa shape index (κ2) is 10.4. The van der Waals surface area contributed by atoms with Crippen LogP contribution in [0.5, 0.6) is 0 Å². The van der Waals surface area contributed by atoms with Gasteiger partial charge in [-0.15, -0.1) is 18.3 Å². The third-order valence-corrected chi connectivity index (χ3v) is 10.4. The Morgan fingerprint density at radius 1 is 1.39 bits per heavy atom. The summed E-state index contributed by atoms with van der Waals surface area (Å²) in [5, 5.41) is 10.7. The lowest BCUT2D eigenvalue weighted by Gasteiger charge is -2.42. The molecule has 3 aliphatic heterocycles. The molecule has 0 saturated carbocycles. The van der Waals surface area contributed by atoms with Gasteiger partial charge in [0.25, 0.3) is 5.91 Å². The number of anilines is 1. The molecule has 7 nitrogen and oxygen atoms in total. The number of para-hydroxylation sites is 1. The number of halogens is 1. The highest BCUT2D eigenvalue weighted by Crippen LogP contribution is 2.69. The zero-order valence-corrected chi connectivity index (χ0v) is 22.8. The maximum absolute atomic E-state index is 14.6. The van der Waals surface area contributed by atoms with Crippen molar-refractivity contribution < 1.29 is 24.2 Å². The summed E-state index contributed by atoms with van der Waals surface area (Å²) >= 11 is 8.10. The maximum Gasteiger partial charge on any atom is 0.310 e. The van der Waals surface area contributed by atoms with Crippen LogP contribution in [0.1, 0.15) is 34.1 Å². The molecule has 3 saturated heterocycles. The number of nitrogens with zero attached hydrogens (tertiary/aromatic N) is 2. The number of aliphatic hydroxyl groups excluding tert-OH is 1. The van der Waals surface area contributed by atoms with Crippen molar-refractivity contribution >= 4 is 46.8 Å². The number of benzene rings is 1. The molecule has 3 heterocycles. The zero-order chi connectivity index (χ0) is 26.4. The molecule has 196 valence electrons. The minimum absolute atomic E-state index is 0.00871. The van der Waals surface area contributed by atoms with Gasteiger partial charge in [0.1, 0.15) is 6.04 Å². The standard InChI is InChI=1S/C27H35ClN2O5S/c1-6-12-29(18-11-9-8-10-17(18)28)25(33)23-27-16(5)13-20(36-27)21(26(34)35-7-2)22(27)24(32)30(23)19(14-31)15(3)4/h6,8-11,15-16,19-23,31H,1,7,12-14H2,2-5H3/t16?,19-,20-,21+,22-,23?,27?/m0/s1. The van der Waals surface area contributed by atoms with Gasteiger partial charge in [-0.1, -0.05) is 50.6 Å². The summed E-state index contributed by atoms with van der Waals surface area (Å²) in [7, 11) is 0. The van der Waals surface area contributed by atoms with Crippen molar-refractivity contribution in [3.63, 3.8) is 0 Å². The largest absolute Gasteiger partial charge is 0.466 e. The van der Waals surface area contributed by atoms with Gasteiger partial charge in [0.05, 0.1) is 46.5 Å². The Morgan fingerprint density at radius 2 is 2.08 bits per heavy atom. The van der Waals surface area contributed by atoms with Gasteiger partial charge in [-0.3, -0.25) is 14.4 Å². The van der Waals surface area contributed by atoms with Crippen molar-refractivity contribution in [2.24, 2.45) is 23.7 Å². The van der Waals surface area contributed by atoms with E-state index in [-0.39, 0.29) is 54.6 Å². The number of aliphatic hydroxyl groups is 1. The van der Waals surface area contributed by atoms with Crippen LogP contribution in [-0.2, 0) is 19.1 Å². The predicted molar refractivity (Wildman–Crippen MR) is 142 cm³/mol. The van der Waals surface area contributed by atoms with Crippen LogP contribution in [-0.4, -0.2) is 69.6 Å². The summed E-state index contributed by atoms with van der Waals surface area (Å²) in [5.74, 6) is -2.30. The van der Waals surface area contributed by atoms with Crippen LogP contribution in [0.15, 0.2) is 36.9 Å². The summed E-state index contributed by atoms with van der Waals surface area (Å²) in [4.78, 5) is 45.1. The molecule has 0 radical (unpaired) electrons. The third-order valence-electron chi connectivity index (χ3n) is 8.01. The monoisotopic (exact) mass is 534 g/mol. The third kappa shape index (κ3) is 3.96. The number of amides is 2. The summed E-state index contributed by atoms with van der Waals surface area (Å²) in [5.41, 5.74) is 0.536. The van der Waals surface area contributed by atoms with Crippen molar-refractivity contribution in [2.75, 3.05) is 24.7 Å². The molecule has 3 aliphatic rings. The number of fused-ring (bicyclic) bond motifs is 1. The van der Waals surface area contributed by atoms with Gasteiger partial charge in [0.15, 0.2) is 0 Å². The fourth-order valence-electron chi connectivity index (χ4n) is 6.48. The Bertz CT molecular complexity index is 1050. The van der Waals surface area contributed by atoms with Crippen molar-refractivity contribution in [2.45, 2.75) is 56.2 Å². The molecule has 0 aromatic heterocycles. The summed E-state index contributed by atoms with van der Waals surface area (Å²) in [6, 6.07) is 5.66. The van der Waals surface area contributed by atoms with E-state index < -0.39 is 28.7 Å². The van der Waals surface area contributed by atoms with E-state index >= 15 is 0 Å². The molecule has 7 atom stereocenters. The Balaban J connectivity index is 1.88. The minimum atomic E-state index is -0.866. The first kappa shape index (κ1) is 27.0. The zero-order valence-electron chi connectivity index (χ0n) is 21.2. The predicted octanol–water partition coefficient (Wildman–Crippen LogP) is 3.78. The number of ether oxygens (including phenoxy) is 1. The van der Waals surface area contributed by atoms with Crippen molar-refractivity contribution in [1.82, 2.24) is 4.90 Å². The van der Waals surface area contributed by atoms with Crippen LogP contribution in [0, 0.1) is 23.7 Å². The van der Waals surface area contributed by atoms with Gasteiger partial charge in [-0.05, 0) is 37.3 Å². The fraction of sp³-hybridized carbons (Fsp3) is 0.593. The number of thioether (sulfide) groups is 1. The summed E-state index contributed by atoms with van der Waals surface area (Å²) in [6.45, 7) is 11.7. The molecule has 3 fully saturated rings. The first-order chi connectivity index (χ1) is 17.1. The van der Waals surface area contributed by atoms with Crippen LogP contribution in [0.25, 0.3) is 0 Å². The average molecular weight is 535 g/mol. The normalized spacial score (nSPS) is 31.5. The molecule has 2 amide bonds. The smallest absolute Gasteiger partial charge is 0.310 e. The topological polar surface area (TPSA) is 87.2 Å². The van der Waals surface area contributed by atoms with Crippen molar-refractivity contribution in [1.29, 1.82) is 0 Å². The van der Waals surface area contributed by atoms with Crippen LogP contribution in [0.2, 0.25) is 5.02 Å². The van der Waals surface area contributed by atoms with E-state index in [0.717, 1.165) is 0 Å². The highest BCUT2D eigenvalue weighted by atomic mass is 35.5. The lowest BCUT2D eigenvalue weighted by Crippen LogP contribution is -2.60. The van der Waals surface area contributed by atoms with Crippen LogP contribution in [0.4, 0.5) is 5.69 Å². The quantitative estimate of drug-likeness (QED) is 0.383. The lowest BCUT2D eigenvalue weighted by atomic mass is 9.66. The molecule has 2 bridgehead atoms. The molecule has 36 heavy (non-hydrogen) atoms. The van der Waals surface area contributed by atoms with E-state index in [9.17, 15) is 19.5 Å². The van der Waals surface area contributed by atoms with Gasteiger partial charge in [-0.25, -0.2) is 0 Å². The number of esters is 1. The minimum Gasteiger partial charge on any atom is -0.466 e. The van der Waals surface area contributed by atoms with Gasteiger partial charge >= 0.3 is 5.97 Å². The Hall–Kier alpha value is -2.03. The van der Waals surface area contributed by atoms with E-state index in [1.807, 2.05) is 19.9 Å². The second-order valence-corrected chi connectivity index (χ2v) is 12.2. The van der Waals surface area contributed by atoms with Gasteiger partial charge in [-0.2, -0.15) is 0 Å². The molecule has 1 N–H and O–H groups in total. The molecular formula is C27H35ClN2O5S. The fourth-order valence-corrected chi connectivity index (χ4v) is 9.11. The second-order valence-electron chi connectivity index (χ2n) is 10.2. The highest BCUT2D eigenvalue weighted by molar-refractivity contribution is 8.02. The van der Waals surface area contributed by atoms with E-state index in [1.54, 1.807) is 52.8 Å². The van der Waals surface area contributed by atoms with Gasteiger partial charge < -0.3 is 19.6 Å². The Labute approximate surface area is 222 Å². The van der Waals surface area contributed by atoms with Crippen LogP contribution < -0.4 is 4.90 Å². The molecule has 4 rings (SSSR count). The molecule has 1 aromatic carbocycles. The molecule has 3 unspecified atom stereocenters. The number of carbonyl (C=O) groups is 3. The maximum atomic E-state index is 14.6. The van der Waals surface area contributed by atoms with E-state index in [4.69, 9.17) is 16.3 Å². The molecule has 1 spiro atoms. The molecular weight excluding hydrogens is 500 g/mol. The number of carbonyl (C=O) groups excluding carboxylic acids is 3. The molecule has 9 heteroatoms. The summed E-state index contributed by atoms with van der Waals surface area (Å²) in [6.07, 6.45) is 2.35. The molecule has 0 aliphatic carbocycles. The number of likely N-dealkylation sites (tertiary alicyclic amines) is 1. The van der Waals surface area contributed by atoms with Gasteiger partial charge in [0.2, 0.25) is 5.91 Å². The molecule has 1 aromatic rings. The van der Waals surface area contributed by atoms with Crippen LogP contribution >= 0.6 is 23.4 Å². The van der Waals surface area contributed by atoms with Crippen molar-refractivity contribution in [3.05, 3.63) is 41.9 Å². The van der Waals surface area contributed by atoms with Crippen LogP contribution in [0.3, 0.4) is 0 Å². The van der Waals surface area contributed by atoms with Crippen molar-refractivity contribution in [3.8, 4) is 0 Å². The number of hydrogen-bond acceptors (Lipinski definition) is 6. The van der Waals surface area contributed by atoms with E-state index in [2.05, 4.69) is 13.5 Å². The first-order valence-electron chi connectivity index (χ1n) is 12.6. The SMILES string of the molecule is C=CCN(C(=O)C1N([C@@H](CO)C(C)C)C(=O)[C@@H]2[C@H](C(=O)OCC)[C@@H]3CC(C)C12S3)c1ccccc1Cl. The Morgan fingerprint density at radius 3 is 2.67 bits per heavy atom. The number of hydrogen-bond donors (Lipinski definition) is 1. The first-order valence-corrected chi connectivity index (χ1v) is 13.9. The summed E-state index contributed by atoms with van der Waals surface area (Å²) < 4.78 is 4.60. The Kier molecular flexibility index (Phi) is 7.79. The van der Waals surface area contributed by atoms with Gasteiger partial charge in [0, 0.05) is 11.8 Å². The van der Waals surface area contributed by atoms with E-state index in [0.29, 0.717) is 17.1 Å². The van der Waals surface area contributed by atoms with E-state index in [1.165, 1.54) is 0 Å². The average Bonchev–Trinajstić information content (AvgIpc) is 3.42. The highest BCUT2D eigenvalue weighted by Gasteiger charge is 2.77. The lowest BCUT2D eigenvalue weighted by molar-refractivity contribution is -0.154.